The number of hydrogen-bond acceptors (Lipinski definition) is 6. The zero-order chi connectivity index (χ0) is 23.1. The monoisotopic (exact) mass is 475 g/mol. The summed E-state index contributed by atoms with van der Waals surface area (Å²) in [5, 5.41) is 12.8. The fourth-order valence-corrected chi connectivity index (χ4v) is 5.64. The van der Waals surface area contributed by atoms with E-state index < -0.39 is 0 Å². The molecule has 3 heterocycles. The summed E-state index contributed by atoms with van der Waals surface area (Å²) in [7, 11) is 1.67. The number of aromatic nitrogens is 3. The third kappa shape index (κ3) is 4.12. The van der Waals surface area contributed by atoms with Crippen molar-refractivity contribution in [3.05, 3.63) is 71.3 Å². The zero-order valence-corrected chi connectivity index (χ0v) is 19.8. The van der Waals surface area contributed by atoms with Gasteiger partial charge in [-0.05, 0) is 67.3 Å². The maximum absolute atomic E-state index is 14.6. The van der Waals surface area contributed by atoms with Crippen LogP contribution >= 0.6 is 11.8 Å². The van der Waals surface area contributed by atoms with Crippen LogP contribution in [0, 0.1) is 5.82 Å². The predicted octanol–water partition coefficient (Wildman–Crippen LogP) is 4.73. The van der Waals surface area contributed by atoms with E-state index in [9.17, 15) is 4.39 Å². The van der Waals surface area contributed by atoms with Gasteiger partial charge in [0.25, 0.3) is 0 Å². The quantitative estimate of drug-likeness (QED) is 0.435. The highest BCUT2D eigenvalue weighted by Gasteiger charge is 2.23. The molecule has 0 saturated heterocycles. The Kier molecular flexibility index (Phi) is 5.63. The van der Waals surface area contributed by atoms with Crippen LogP contribution in [0.1, 0.15) is 23.2 Å². The van der Waals surface area contributed by atoms with Crippen molar-refractivity contribution in [1.82, 2.24) is 20.1 Å². The van der Waals surface area contributed by atoms with Crippen LogP contribution < -0.4 is 15.4 Å². The van der Waals surface area contributed by atoms with Crippen molar-refractivity contribution in [1.29, 1.82) is 0 Å². The number of pyridine rings is 1. The van der Waals surface area contributed by atoms with Crippen LogP contribution in [0.25, 0.3) is 16.7 Å². The number of thioether (sulfide) groups is 1. The number of ether oxygens (including phenoxy) is 1. The molecule has 0 fully saturated rings. The van der Waals surface area contributed by atoms with E-state index in [1.54, 1.807) is 24.9 Å². The number of nitrogens with one attached hydrogen (secondary N) is 2. The van der Waals surface area contributed by atoms with E-state index in [0.717, 1.165) is 70.3 Å². The van der Waals surface area contributed by atoms with Crippen molar-refractivity contribution in [2.24, 2.45) is 0 Å². The minimum absolute atomic E-state index is 0.133. The summed E-state index contributed by atoms with van der Waals surface area (Å²) < 4.78 is 21.8. The highest BCUT2D eigenvalue weighted by Crippen LogP contribution is 2.33. The molecule has 0 spiro atoms. The number of benzene rings is 2. The molecule has 1 aliphatic carbocycles. The maximum Gasteiger partial charge on any atom is 0.154 e. The lowest BCUT2D eigenvalue weighted by Gasteiger charge is -2.23. The molecule has 8 heteroatoms. The Labute approximate surface area is 201 Å². The van der Waals surface area contributed by atoms with Crippen LogP contribution in [-0.4, -0.2) is 40.2 Å². The van der Waals surface area contributed by atoms with E-state index in [1.807, 2.05) is 41.1 Å². The summed E-state index contributed by atoms with van der Waals surface area (Å²) in [5.41, 5.74) is 5.02. The summed E-state index contributed by atoms with van der Waals surface area (Å²) in [6, 6.07) is 13.8. The van der Waals surface area contributed by atoms with Gasteiger partial charge in [-0.2, -0.15) is 5.10 Å². The van der Waals surface area contributed by atoms with Gasteiger partial charge >= 0.3 is 0 Å². The SMILES string of the molecule is COc1ccc2nc(-n3cc4c(n3)CCC(NCc3cc5c(cc3F)SCCN5)C4)ccc2c1. The van der Waals surface area contributed by atoms with Gasteiger partial charge in [0.1, 0.15) is 11.6 Å². The molecule has 1 unspecified atom stereocenters. The number of nitrogens with zero attached hydrogens (tertiary/aromatic N) is 3. The van der Waals surface area contributed by atoms with Gasteiger partial charge in [-0.1, -0.05) is 0 Å². The largest absolute Gasteiger partial charge is 0.497 e. The number of anilines is 1. The first kappa shape index (κ1) is 21.4. The fourth-order valence-electron chi connectivity index (χ4n) is 4.74. The highest BCUT2D eigenvalue weighted by molar-refractivity contribution is 7.99. The molecule has 34 heavy (non-hydrogen) atoms. The lowest BCUT2D eigenvalue weighted by atomic mass is 9.93. The number of rotatable bonds is 5. The molecule has 0 bridgehead atoms. The molecule has 6 nitrogen and oxygen atoms in total. The molecule has 174 valence electrons. The van der Waals surface area contributed by atoms with Gasteiger partial charge in [0.05, 0.1) is 18.3 Å². The second-order valence-electron chi connectivity index (χ2n) is 8.81. The van der Waals surface area contributed by atoms with Gasteiger partial charge in [-0.15, -0.1) is 11.8 Å². The molecule has 2 aliphatic rings. The Balaban J connectivity index is 1.16. The summed E-state index contributed by atoms with van der Waals surface area (Å²) >= 11 is 1.71. The van der Waals surface area contributed by atoms with Gasteiger partial charge in [0, 0.05) is 52.6 Å². The molecule has 0 amide bonds. The zero-order valence-electron chi connectivity index (χ0n) is 19.0. The van der Waals surface area contributed by atoms with Gasteiger partial charge in [0.2, 0.25) is 0 Å². The summed E-state index contributed by atoms with van der Waals surface area (Å²) in [5.74, 6) is 2.47. The number of halogens is 1. The predicted molar refractivity (Wildman–Crippen MR) is 134 cm³/mol. The van der Waals surface area contributed by atoms with Crippen molar-refractivity contribution in [2.45, 2.75) is 36.7 Å². The van der Waals surface area contributed by atoms with Gasteiger partial charge < -0.3 is 15.4 Å². The molecule has 0 saturated carbocycles. The molecule has 1 aliphatic heterocycles. The van der Waals surface area contributed by atoms with Gasteiger partial charge in [-0.25, -0.2) is 14.1 Å². The molecule has 6 rings (SSSR count). The van der Waals surface area contributed by atoms with E-state index in [4.69, 9.17) is 14.8 Å². The lowest BCUT2D eigenvalue weighted by molar-refractivity contribution is 0.415. The van der Waals surface area contributed by atoms with E-state index in [1.165, 1.54) is 5.56 Å². The standard InChI is InChI=1S/C26H26FN5OS/c1-33-20-4-6-22-16(11-20)2-7-26(30-22)32-15-18-10-19(3-5-23(18)31-32)29-14-17-12-24-25(13-21(17)27)34-9-8-28-24/h2,4,6-7,11-13,15,19,28-29H,3,5,8-10,14H2,1H3. The van der Waals surface area contributed by atoms with Crippen LogP contribution in [-0.2, 0) is 19.4 Å². The topological polar surface area (TPSA) is 64.0 Å². The third-order valence-electron chi connectivity index (χ3n) is 6.59. The Hall–Kier alpha value is -3.10. The molecule has 4 aromatic rings. The minimum atomic E-state index is -0.133. The van der Waals surface area contributed by atoms with Crippen molar-refractivity contribution < 1.29 is 9.13 Å². The average molecular weight is 476 g/mol. The Morgan fingerprint density at radius 2 is 2.18 bits per heavy atom. The minimum Gasteiger partial charge on any atom is -0.497 e. The van der Waals surface area contributed by atoms with Crippen molar-refractivity contribution in [3.63, 3.8) is 0 Å². The number of aryl methyl sites for hydroxylation is 1. The van der Waals surface area contributed by atoms with E-state index in [-0.39, 0.29) is 5.82 Å². The second-order valence-corrected chi connectivity index (χ2v) is 9.95. The van der Waals surface area contributed by atoms with Crippen LogP contribution in [0.4, 0.5) is 10.1 Å². The second kappa shape index (κ2) is 8.92. The van der Waals surface area contributed by atoms with Crippen molar-refractivity contribution >= 4 is 28.4 Å². The van der Waals surface area contributed by atoms with Crippen molar-refractivity contribution in [3.8, 4) is 11.6 Å². The van der Waals surface area contributed by atoms with E-state index in [0.29, 0.717) is 18.2 Å². The Morgan fingerprint density at radius 1 is 1.24 bits per heavy atom. The van der Waals surface area contributed by atoms with Crippen LogP contribution in [0.15, 0.2) is 53.6 Å². The van der Waals surface area contributed by atoms with Crippen LogP contribution in [0.3, 0.4) is 0 Å². The average Bonchev–Trinajstić information content (AvgIpc) is 3.30. The molecule has 0 radical (unpaired) electrons. The third-order valence-corrected chi connectivity index (χ3v) is 7.65. The normalized spacial score (nSPS) is 17.2. The van der Waals surface area contributed by atoms with Gasteiger partial charge in [-0.3, -0.25) is 0 Å². The van der Waals surface area contributed by atoms with Crippen LogP contribution in [0.5, 0.6) is 5.75 Å². The van der Waals surface area contributed by atoms with Crippen LogP contribution in [0.2, 0.25) is 0 Å². The first-order valence-corrected chi connectivity index (χ1v) is 12.6. The van der Waals surface area contributed by atoms with Gasteiger partial charge in [0.15, 0.2) is 5.82 Å². The molecule has 1 atom stereocenters. The number of hydrogen-bond donors (Lipinski definition) is 2. The summed E-state index contributed by atoms with van der Waals surface area (Å²) in [4.78, 5) is 5.79. The molecule has 2 N–H and O–H groups in total. The first-order chi connectivity index (χ1) is 16.7. The van der Waals surface area contributed by atoms with E-state index >= 15 is 0 Å². The first-order valence-electron chi connectivity index (χ1n) is 11.6. The molecular weight excluding hydrogens is 449 g/mol. The fraction of sp³-hybridized carbons (Fsp3) is 0.308. The molecule has 2 aromatic carbocycles. The molecular formula is C26H26FN5OS. The smallest absolute Gasteiger partial charge is 0.154 e. The van der Waals surface area contributed by atoms with Crippen molar-refractivity contribution in [2.75, 3.05) is 24.7 Å². The number of methoxy groups -OCH3 is 1. The molecule has 2 aromatic heterocycles. The maximum atomic E-state index is 14.6. The lowest BCUT2D eigenvalue weighted by Crippen LogP contribution is -2.34. The number of fused-ring (bicyclic) bond motifs is 3. The van der Waals surface area contributed by atoms with E-state index in [2.05, 4.69) is 16.8 Å². The summed E-state index contributed by atoms with van der Waals surface area (Å²) in [6.07, 6.45) is 4.84. The summed E-state index contributed by atoms with van der Waals surface area (Å²) in [6.45, 7) is 1.45. The Morgan fingerprint density at radius 3 is 3.09 bits per heavy atom. The highest BCUT2D eigenvalue weighted by atomic mass is 32.2. The Bertz CT molecular complexity index is 1370.